The van der Waals surface area contributed by atoms with Gasteiger partial charge < -0.3 is 14.0 Å². The number of esters is 2. The molecule has 3 rings (SSSR count). The fourth-order valence-electron chi connectivity index (χ4n) is 2.67. The molecule has 3 aromatic rings. The second-order valence-corrected chi connectivity index (χ2v) is 6.34. The second-order valence-electron chi connectivity index (χ2n) is 6.34. The fourth-order valence-corrected chi connectivity index (χ4v) is 2.67. The summed E-state index contributed by atoms with van der Waals surface area (Å²) in [5, 5.41) is 3.90. The molecule has 0 fully saturated rings. The van der Waals surface area contributed by atoms with Crippen molar-refractivity contribution in [1.29, 1.82) is 0 Å². The molecule has 156 valence electrons. The highest BCUT2D eigenvalue weighted by molar-refractivity contribution is 5.90. The van der Waals surface area contributed by atoms with Gasteiger partial charge in [-0.25, -0.2) is 18.4 Å². The maximum Gasteiger partial charge on any atom is 0.338 e. The van der Waals surface area contributed by atoms with Crippen molar-refractivity contribution in [3.63, 3.8) is 0 Å². The number of ether oxygens (including phenoxy) is 2. The van der Waals surface area contributed by atoms with Crippen LogP contribution in [0.5, 0.6) is 0 Å². The van der Waals surface area contributed by atoms with Crippen LogP contribution in [0.4, 0.5) is 8.78 Å². The Kier molecular flexibility index (Phi) is 6.84. The molecule has 0 spiro atoms. The Morgan fingerprint density at radius 1 is 1.00 bits per heavy atom. The summed E-state index contributed by atoms with van der Waals surface area (Å²) in [5.41, 5.74) is 0.814. The number of rotatable bonds is 8. The zero-order valence-electron chi connectivity index (χ0n) is 16.1. The monoisotopic (exact) mass is 416 g/mol. The highest BCUT2D eigenvalue weighted by atomic mass is 19.1. The van der Waals surface area contributed by atoms with E-state index in [1.54, 1.807) is 24.3 Å². The van der Waals surface area contributed by atoms with Gasteiger partial charge in [-0.15, -0.1) is 0 Å². The zero-order chi connectivity index (χ0) is 21.5. The first-order chi connectivity index (χ1) is 14.5. The molecule has 0 aliphatic rings. The van der Waals surface area contributed by atoms with E-state index in [-0.39, 0.29) is 12.2 Å². The van der Waals surface area contributed by atoms with Gasteiger partial charge in [0.15, 0.2) is 0 Å². The molecule has 0 N–H and O–H groups in total. The van der Waals surface area contributed by atoms with Crippen LogP contribution in [-0.2, 0) is 15.9 Å². The molecule has 7 nitrogen and oxygen atoms in total. The van der Waals surface area contributed by atoms with Crippen LogP contribution in [0.15, 0.2) is 47.0 Å². The van der Waals surface area contributed by atoms with Gasteiger partial charge in [-0.05, 0) is 37.1 Å². The van der Waals surface area contributed by atoms with Gasteiger partial charge in [0.05, 0.1) is 24.8 Å². The Balaban J connectivity index is 1.47. The lowest BCUT2D eigenvalue weighted by molar-refractivity contribution is 0.0496. The molecule has 9 heteroatoms. The molecule has 0 saturated heterocycles. The van der Waals surface area contributed by atoms with Crippen LogP contribution >= 0.6 is 0 Å². The summed E-state index contributed by atoms with van der Waals surface area (Å²) >= 11 is 0. The number of aryl methyl sites for hydroxylation is 1. The Morgan fingerprint density at radius 3 is 2.50 bits per heavy atom. The Morgan fingerprint density at radius 2 is 1.77 bits per heavy atom. The van der Waals surface area contributed by atoms with E-state index in [2.05, 4.69) is 14.9 Å². The predicted molar refractivity (Wildman–Crippen MR) is 101 cm³/mol. The van der Waals surface area contributed by atoms with Crippen molar-refractivity contribution in [2.45, 2.75) is 19.3 Å². The fraction of sp³-hybridized carbons (Fsp3) is 0.238. The van der Waals surface area contributed by atoms with Crippen molar-refractivity contribution >= 4 is 11.9 Å². The number of nitrogens with zero attached hydrogens (tertiary/aromatic N) is 2. The molecule has 0 aliphatic carbocycles. The standard InChI is InChI=1S/C21H18F2N2O5/c1-28-20(26)14-6-4-5-13(9-14)19-24-18(30-25-19)7-2-3-8-29-21(27)15-10-16(22)12-17(23)11-15/h4-6,9-12H,2-3,7-8H2,1H3. The van der Waals surface area contributed by atoms with E-state index in [9.17, 15) is 18.4 Å². The number of benzene rings is 2. The van der Waals surface area contributed by atoms with Crippen LogP contribution in [0.1, 0.15) is 39.4 Å². The summed E-state index contributed by atoms with van der Waals surface area (Å²) in [7, 11) is 1.30. The first-order valence-corrected chi connectivity index (χ1v) is 9.11. The van der Waals surface area contributed by atoms with Crippen LogP contribution in [0.25, 0.3) is 11.4 Å². The van der Waals surface area contributed by atoms with Crippen molar-refractivity contribution < 1.29 is 32.4 Å². The third kappa shape index (κ3) is 5.47. The number of unbranched alkanes of at least 4 members (excludes halogenated alkanes) is 1. The number of hydrogen-bond donors (Lipinski definition) is 0. The van der Waals surface area contributed by atoms with Crippen molar-refractivity contribution in [1.82, 2.24) is 10.1 Å². The number of halogens is 2. The quantitative estimate of drug-likeness (QED) is 0.405. The lowest BCUT2D eigenvalue weighted by atomic mass is 10.1. The SMILES string of the molecule is COC(=O)c1cccc(-c2noc(CCCCOC(=O)c3cc(F)cc(F)c3)n2)c1. The summed E-state index contributed by atoms with van der Waals surface area (Å²) < 4.78 is 41.2. The minimum Gasteiger partial charge on any atom is -0.465 e. The van der Waals surface area contributed by atoms with Crippen LogP contribution < -0.4 is 0 Å². The Hall–Kier alpha value is -3.62. The van der Waals surface area contributed by atoms with Crippen LogP contribution in [0.3, 0.4) is 0 Å². The summed E-state index contributed by atoms with van der Waals surface area (Å²) in [5.74, 6) is -2.20. The predicted octanol–water partition coefficient (Wildman–Crippen LogP) is 3.98. The van der Waals surface area contributed by atoms with E-state index in [4.69, 9.17) is 9.26 Å². The first-order valence-electron chi connectivity index (χ1n) is 9.11. The minimum absolute atomic E-state index is 0.0825. The molecule has 2 aromatic carbocycles. The van der Waals surface area contributed by atoms with E-state index in [0.29, 0.717) is 48.2 Å². The topological polar surface area (TPSA) is 91.5 Å². The van der Waals surface area contributed by atoms with Crippen molar-refractivity contribution in [3.8, 4) is 11.4 Å². The minimum atomic E-state index is -0.841. The molecule has 0 atom stereocenters. The number of carbonyl (C=O) groups excluding carboxylic acids is 2. The summed E-state index contributed by atoms with van der Waals surface area (Å²) in [6, 6.07) is 9.18. The van der Waals surface area contributed by atoms with E-state index in [1.165, 1.54) is 7.11 Å². The lowest BCUT2D eigenvalue weighted by Crippen LogP contribution is -2.07. The number of aromatic nitrogens is 2. The summed E-state index contributed by atoms with van der Waals surface area (Å²) in [4.78, 5) is 27.7. The van der Waals surface area contributed by atoms with Gasteiger partial charge in [0.25, 0.3) is 0 Å². The molecule has 0 unspecified atom stereocenters. The van der Waals surface area contributed by atoms with Gasteiger partial charge in [0.1, 0.15) is 11.6 Å². The normalized spacial score (nSPS) is 10.6. The molecule has 1 heterocycles. The van der Waals surface area contributed by atoms with Gasteiger partial charge in [-0.2, -0.15) is 4.98 Å². The van der Waals surface area contributed by atoms with Crippen molar-refractivity contribution in [3.05, 3.63) is 71.1 Å². The molecule has 0 saturated carbocycles. The van der Waals surface area contributed by atoms with Gasteiger partial charge in [-0.3, -0.25) is 0 Å². The molecule has 0 amide bonds. The average molecular weight is 416 g/mol. The maximum atomic E-state index is 13.1. The van der Waals surface area contributed by atoms with Gasteiger partial charge in [0.2, 0.25) is 11.7 Å². The third-order valence-corrected chi connectivity index (χ3v) is 4.13. The van der Waals surface area contributed by atoms with Crippen molar-refractivity contribution in [2.24, 2.45) is 0 Å². The third-order valence-electron chi connectivity index (χ3n) is 4.13. The molecule has 0 aliphatic heterocycles. The van der Waals surface area contributed by atoms with E-state index in [1.807, 2.05) is 0 Å². The molecule has 1 aromatic heterocycles. The summed E-state index contributed by atoms with van der Waals surface area (Å²) in [6.45, 7) is 0.0825. The highest BCUT2D eigenvalue weighted by Crippen LogP contribution is 2.18. The van der Waals surface area contributed by atoms with Crippen molar-refractivity contribution in [2.75, 3.05) is 13.7 Å². The largest absolute Gasteiger partial charge is 0.465 e. The summed E-state index contributed by atoms with van der Waals surface area (Å²) in [6.07, 6.45) is 1.55. The van der Waals surface area contributed by atoms with Gasteiger partial charge in [0, 0.05) is 18.1 Å². The molecular formula is C21H18F2N2O5. The number of methoxy groups -OCH3 is 1. The second kappa shape index (κ2) is 9.73. The van der Waals surface area contributed by atoms with E-state index < -0.39 is 23.6 Å². The first kappa shape index (κ1) is 21.1. The average Bonchev–Trinajstić information content (AvgIpc) is 3.21. The number of carbonyl (C=O) groups is 2. The van der Waals surface area contributed by atoms with Gasteiger partial charge >= 0.3 is 11.9 Å². The van der Waals surface area contributed by atoms with Crippen LogP contribution in [-0.4, -0.2) is 35.8 Å². The maximum absolute atomic E-state index is 13.1. The highest BCUT2D eigenvalue weighted by Gasteiger charge is 2.13. The van der Waals surface area contributed by atoms with Gasteiger partial charge in [-0.1, -0.05) is 17.3 Å². The number of hydrogen-bond acceptors (Lipinski definition) is 7. The zero-order valence-corrected chi connectivity index (χ0v) is 16.1. The Labute approximate surface area is 170 Å². The van der Waals surface area contributed by atoms with E-state index >= 15 is 0 Å². The Bertz CT molecular complexity index is 1030. The molecule has 0 bridgehead atoms. The molecule has 0 radical (unpaired) electrons. The van der Waals surface area contributed by atoms with Crippen LogP contribution in [0, 0.1) is 11.6 Å². The molecule has 30 heavy (non-hydrogen) atoms. The van der Waals surface area contributed by atoms with E-state index in [0.717, 1.165) is 12.1 Å². The smallest absolute Gasteiger partial charge is 0.338 e. The van der Waals surface area contributed by atoms with Crippen LogP contribution in [0.2, 0.25) is 0 Å². The lowest BCUT2D eigenvalue weighted by Gasteiger charge is -2.04. The molecular weight excluding hydrogens is 398 g/mol.